The minimum Gasteiger partial charge on any atom is -0.379 e. The second kappa shape index (κ2) is 8.12. The quantitative estimate of drug-likeness (QED) is 0.632. The van der Waals surface area contributed by atoms with E-state index in [9.17, 15) is 0 Å². The lowest BCUT2D eigenvalue weighted by molar-refractivity contribution is 0.0220. The molecule has 0 N–H and O–H groups in total. The Morgan fingerprint density at radius 2 is 1.74 bits per heavy atom. The van der Waals surface area contributed by atoms with Crippen LogP contribution in [0.15, 0.2) is 42.5 Å². The molecule has 2 heterocycles. The number of halogens is 3. The fourth-order valence-electron chi connectivity index (χ4n) is 3.21. The molecule has 1 unspecified atom stereocenters. The molecule has 1 aliphatic heterocycles. The third-order valence-electron chi connectivity index (χ3n) is 4.46. The van der Waals surface area contributed by atoms with Crippen molar-refractivity contribution in [2.75, 3.05) is 26.3 Å². The van der Waals surface area contributed by atoms with Gasteiger partial charge in [-0.25, -0.2) is 0 Å². The van der Waals surface area contributed by atoms with Crippen LogP contribution in [-0.2, 0) is 4.74 Å². The van der Waals surface area contributed by atoms with Crippen LogP contribution in [0.25, 0.3) is 5.69 Å². The SMILES string of the molecule is Clc1cccc(-n2nnnc2C(c2ccc(Cl)cc2Cl)N2CCOCC2)c1. The maximum Gasteiger partial charge on any atom is 0.178 e. The predicted molar refractivity (Wildman–Crippen MR) is 105 cm³/mol. The first-order chi connectivity index (χ1) is 13.1. The highest BCUT2D eigenvalue weighted by atomic mass is 35.5. The van der Waals surface area contributed by atoms with E-state index in [2.05, 4.69) is 20.4 Å². The summed E-state index contributed by atoms with van der Waals surface area (Å²) in [5.41, 5.74) is 1.67. The normalized spacial score (nSPS) is 16.4. The van der Waals surface area contributed by atoms with E-state index >= 15 is 0 Å². The zero-order valence-corrected chi connectivity index (χ0v) is 16.5. The zero-order valence-electron chi connectivity index (χ0n) is 14.2. The summed E-state index contributed by atoms with van der Waals surface area (Å²) in [7, 11) is 0. The van der Waals surface area contributed by atoms with E-state index in [1.807, 2.05) is 36.4 Å². The van der Waals surface area contributed by atoms with Gasteiger partial charge in [0.25, 0.3) is 0 Å². The van der Waals surface area contributed by atoms with Crippen LogP contribution >= 0.6 is 34.8 Å². The number of nitrogens with zero attached hydrogens (tertiary/aromatic N) is 5. The Balaban J connectivity index is 1.83. The molecule has 6 nitrogen and oxygen atoms in total. The maximum atomic E-state index is 6.54. The van der Waals surface area contributed by atoms with Crippen LogP contribution in [0.3, 0.4) is 0 Å². The van der Waals surface area contributed by atoms with E-state index in [-0.39, 0.29) is 6.04 Å². The molecular formula is C18H16Cl3N5O. The zero-order chi connectivity index (χ0) is 18.8. The number of benzene rings is 2. The highest BCUT2D eigenvalue weighted by Crippen LogP contribution is 2.35. The van der Waals surface area contributed by atoms with Gasteiger partial charge in [0.15, 0.2) is 5.82 Å². The van der Waals surface area contributed by atoms with E-state index in [4.69, 9.17) is 39.5 Å². The molecule has 9 heteroatoms. The molecule has 1 fully saturated rings. The molecule has 1 atom stereocenters. The molecule has 1 aromatic heterocycles. The number of tetrazole rings is 1. The molecule has 3 aromatic rings. The third-order valence-corrected chi connectivity index (χ3v) is 5.26. The minimum absolute atomic E-state index is 0.243. The molecule has 0 radical (unpaired) electrons. The lowest BCUT2D eigenvalue weighted by Gasteiger charge is -2.34. The van der Waals surface area contributed by atoms with Crippen LogP contribution in [0.5, 0.6) is 0 Å². The molecule has 1 aliphatic rings. The van der Waals surface area contributed by atoms with Crippen molar-refractivity contribution < 1.29 is 4.74 Å². The van der Waals surface area contributed by atoms with E-state index in [0.29, 0.717) is 34.1 Å². The molecule has 2 aromatic carbocycles. The smallest absolute Gasteiger partial charge is 0.178 e. The van der Waals surface area contributed by atoms with E-state index in [1.165, 1.54) is 0 Å². The van der Waals surface area contributed by atoms with Gasteiger partial charge in [0.05, 0.1) is 24.9 Å². The number of hydrogen-bond acceptors (Lipinski definition) is 5. The van der Waals surface area contributed by atoms with Crippen molar-refractivity contribution in [3.05, 3.63) is 68.9 Å². The van der Waals surface area contributed by atoms with Crippen LogP contribution in [0.4, 0.5) is 0 Å². The summed E-state index contributed by atoms with van der Waals surface area (Å²) in [6.45, 7) is 2.76. The van der Waals surface area contributed by atoms with Gasteiger partial charge in [-0.1, -0.05) is 46.9 Å². The van der Waals surface area contributed by atoms with Gasteiger partial charge in [-0.3, -0.25) is 4.90 Å². The Labute approximate surface area is 171 Å². The second-order valence-electron chi connectivity index (χ2n) is 6.15. The maximum absolute atomic E-state index is 6.54. The number of aromatic nitrogens is 4. The highest BCUT2D eigenvalue weighted by molar-refractivity contribution is 6.35. The molecule has 0 saturated carbocycles. The Bertz CT molecular complexity index is 942. The van der Waals surface area contributed by atoms with Crippen molar-refractivity contribution in [2.24, 2.45) is 0 Å². The third kappa shape index (κ3) is 3.95. The Morgan fingerprint density at radius 1 is 0.963 bits per heavy atom. The van der Waals surface area contributed by atoms with Gasteiger partial charge in [0, 0.05) is 28.2 Å². The van der Waals surface area contributed by atoms with Crippen molar-refractivity contribution in [1.82, 2.24) is 25.1 Å². The molecule has 4 rings (SSSR count). The standard InChI is InChI=1S/C18H16Cl3N5O/c19-12-2-1-3-14(10-12)26-18(22-23-24-26)17(25-6-8-27-9-7-25)15-5-4-13(20)11-16(15)21/h1-5,10-11,17H,6-9H2. The van der Waals surface area contributed by atoms with Gasteiger partial charge in [-0.15, -0.1) is 5.10 Å². The number of ether oxygens (including phenoxy) is 1. The van der Waals surface area contributed by atoms with Crippen LogP contribution in [0.1, 0.15) is 17.4 Å². The van der Waals surface area contributed by atoms with Crippen molar-refractivity contribution in [3.8, 4) is 5.69 Å². The van der Waals surface area contributed by atoms with E-state index in [1.54, 1.807) is 10.7 Å². The van der Waals surface area contributed by atoms with Gasteiger partial charge < -0.3 is 4.74 Å². The molecule has 0 amide bonds. The first-order valence-electron chi connectivity index (χ1n) is 8.44. The summed E-state index contributed by atoms with van der Waals surface area (Å²) in [5, 5.41) is 14.2. The van der Waals surface area contributed by atoms with Crippen molar-refractivity contribution >= 4 is 34.8 Å². The predicted octanol–water partition coefficient (Wildman–Crippen LogP) is 4.04. The van der Waals surface area contributed by atoms with Crippen molar-refractivity contribution in [2.45, 2.75) is 6.04 Å². The molecule has 0 bridgehead atoms. The van der Waals surface area contributed by atoms with E-state index in [0.717, 1.165) is 24.3 Å². The topological polar surface area (TPSA) is 56.1 Å². The number of morpholine rings is 1. The Kier molecular flexibility index (Phi) is 5.61. The van der Waals surface area contributed by atoms with E-state index < -0.39 is 0 Å². The fourth-order valence-corrected chi connectivity index (χ4v) is 3.91. The number of rotatable bonds is 4. The molecule has 27 heavy (non-hydrogen) atoms. The van der Waals surface area contributed by atoms with Gasteiger partial charge in [0.2, 0.25) is 0 Å². The summed E-state index contributed by atoms with van der Waals surface area (Å²) < 4.78 is 7.20. The lowest BCUT2D eigenvalue weighted by atomic mass is 10.0. The average Bonchev–Trinajstić information content (AvgIpc) is 3.14. The largest absolute Gasteiger partial charge is 0.379 e. The van der Waals surface area contributed by atoms with Crippen LogP contribution < -0.4 is 0 Å². The van der Waals surface area contributed by atoms with Crippen LogP contribution in [0, 0.1) is 0 Å². The summed E-state index contributed by atoms with van der Waals surface area (Å²) in [4.78, 5) is 2.26. The van der Waals surface area contributed by atoms with Gasteiger partial charge in [0.1, 0.15) is 0 Å². The number of hydrogen-bond donors (Lipinski definition) is 0. The van der Waals surface area contributed by atoms with Crippen molar-refractivity contribution in [3.63, 3.8) is 0 Å². The van der Waals surface area contributed by atoms with Crippen LogP contribution in [-0.4, -0.2) is 51.4 Å². The Morgan fingerprint density at radius 3 is 2.48 bits per heavy atom. The summed E-state index contributed by atoms with van der Waals surface area (Å²) in [6, 6.07) is 12.6. The summed E-state index contributed by atoms with van der Waals surface area (Å²) in [6.07, 6.45) is 0. The molecule has 140 valence electrons. The molecule has 1 saturated heterocycles. The van der Waals surface area contributed by atoms with Gasteiger partial charge >= 0.3 is 0 Å². The molecule has 0 aliphatic carbocycles. The second-order valence-corrected chi connectivity index (χ2v) is 7.43. The van der Waals surface area contributed by atoms with Crippen molar-refractivity contribution in [1.29, 1.82) is 0 Å². The van der Waals surface area contributed by atoms with Crippen LogP contribution in [0.2, 0.25) is 15.1 Å². The summed E-state index contributed by atoms with van der Waals surface area (Å²) in [5.74, 6) is 0.656. The Hall–Kier alpha value is -1.70. The average molecular weight is 425 g/mol. The highest BCUT2D eigenvalue weighted by Gasteiger charge is 2.31. The summed E-state index contributed by atoms with van der Waals surface area (Å²) >= 11 is 18.8. The molecule has 0 spiro atoms. The fraction of sp³-hybridized carbons (Fsp3) is 0.278. The lowest BCUT2D eigenvalue weighted by Crippen LogP contribution is -2.40. The first kappa shape index (κ1) is 18.7. The van der Waals surface area contributed by atoms with Gasteiger partial charge in [-0.05, 0) is 46.3 Å². The monoisotopic (exact) mass is 423 g/mol. The van der Waals surface area contributed by atoms with Gasteiger partial charge in [-0.2, -0.15) is 4.68 Å². The molecular weight excluding hydrogens is 409 g/mol. The minimum atomic E-state index is -0.243. The first-order valence-corrected chi connectivity index (χ1v) is 9.58.